The van der Waals surface area contributed by atoms with Crippen LogP contribution < -0.4 is 10.1 Å². The van der Waals surface area contributed by atoms with Crippen LogP contribution in [0.3, 0.4) is 0 Å². The summed E-state index contributed by atoms with van der Waals surface area (Å²) in [6.07, 6.45) is 0.524. The second-order valence-corrected chi connectivity index (χ2v) is 3.73. The van der Waals surface area contributed by atoms with Gasteiger partial charge >= 0.3 is 0 Å². The number of nitrogens with one attached hydrogen (secondary N) is 1. The van der Waals surface area contributed by atoms with Crippen LogP contribution in [0.15, 0.2) is 18.2 Å². The largest absolute Gasteiger partial charge is 0.497 e. The number of Topliss-reactive ketones (excluding diaryl/α,β-unsaturated/α-hetero) is 1. The Balaban J connectivity index is 2.46. The van der Waals surface area contributed by atoms with Crippen LogP contribution in [0.25, 0.3) is 0 Å². The molecule has 0 aromatic heterocycles. The molecule has 0 saturated carbocycles. The van der Waals surface area contributed by atoms with Gasteiger partial charge in [0.25, 0.3) is 0 Å². The summed E-state index contributed by atoms with van der Waals surface area (Å²) < 4.78 is 5.04. The second kappa shape index (κ2) is 3.96. The van der Waals surface area contributed by atoms with Gasteiger partial charge in [-0.15, -0.1) is 0 Å². The lowest BCUT2D eigenvalue weighted by molar-refractivity contribution is -0.118. The van der Waals surface area contributed by atoms with Gasteiger partial charge in [0.2, 0.25) is 5.91 Å². The lowest BCUT2D eigenvalue weighted by atomic mass is 9.90. The minimum Gasteiger partial charge on any atom is -0.497 e. The molecule has 0 fully saturated rings. The van der Waals surface area contributed by atoms with Gasteiger partial charge in [-0.3, -0.25) is 9.59 Å². The van der Waals surface area contributed by atoms with Crippen LogP contribution in [-0.2, 0) is 4.79 Å². The Morgan fingerprint density at radius 1 is 1.38 bits per heavy atom. The van der Waals surface area contributed by atoms with Crippen LogP contribution >= 0.6 is 0 Å². The Morgan fingerprint density at radius 3 is 2.75 bits per heavy atom. The molecule has 0 bridgehead atoms. The zero-order valence-electron chi connectivity index (χ0n) is 9.24. The van der Waals surface area contributed by atoms with Crippen molar-refractivity contribution in [2.45, 2.75) is 13.3 Å². The highest BCUT2D eigenvalue weighted by atomic mass is 16.5. The first-order chi connectivity index (χ1) is 7.67. The minimum atomic E-state index is -0.555. The van der Waals surface area contributed by atoms with E-state index < -0.39 is 5.92 Å². The predicted octanol–water partition coefficient (Wildman–Crippen LogP) is 1.86. The Kier molecular flexibility index (Phi) is 2.64. The van der Waals surface area contributed by atoms with Crippen LogP contribution in [0, 0.1) is 5.92 Å². The van der Waals surface area contributed by atoms with E-state index in [-0.39, 0.29) is 11.7 Å². The third-order valence-electron chi connectivity index (χ3n) is 2.79. The van der Waals surface area contributed by atoms with E-state index in [1.54, 1.807) is 25.3 Å². The maximum atomic E-state index is 12.0. The number of ketones is 1. The van der Waals surface area contributed by atoms with Crippen molar-refractivity contribution < 1.29 is 14.3 Å². The molecule has 84 valence electrons. The Morgan fingerprint density at radius 2 is 2.12 bits per heavy atom. The second-order valence-electron chi connectivity index (χ2n) is 3.73. The summed E-state index contributed by atoms with van der Waals surface area (Å²) in [5.41, 5.74) is 1.10. The number of ether oxygens (including phenoxy) is 1. The highest BCUT2D eigenvalue weighted by molar-refractivity contribution is 6.20. The van der Waals surface area contributed by atoms with E-state index in [1.165, 1.54) is 0 Å². The molecule has 0 saturated heterocycles. The zero-order valence-corrected chi connectivity index (χ0v) is 9.24. The fraction of sp³-hybridized carbons (Fsp3) is 0.333. The van der Waals surface area contributed by atoms with Gasteiger partial charge in [0.15, 0.2) is 5.78 Å². The smallest absolute Gasteiger partial charge is 0.235 e. The third-order valence-corrected chi connectivity index (χ3v) is 2.79. The molecule has 1 unspecified atom stereocenters. The SMILES string of the molecule is CCC1C(=O)Nc2cc(OC)ccc2C1=O. The summed E-state index contributed by atoms with van der Waals surface area (Å²) in [6.45, 7) is 1.83. The van der Waals surface area contributed by atoms with E-state index in [0.29, 0.717) is 23.4 Å². The number of benzene rings is 1. The monoisotopic (exact) mass is 219 g/mol. The van der Waals surface area contributed by atoms with E-state index in [1.807, 2.05) is 6.92 Å². The topological polar surface area (TPSA) is 55.4 Å². The standard InChI is InChI=1S/C12H13NO3/c1-3-8-11(14)9-5-4-7(16-2)6-10(9)13-12(8)15/h4-6,8H,3H2,1-2H3,(H,13,15). The van der Waals surface area contributed by atoms with Crippen molar-refractivity contribution in [3.63, 3.8) is 0 Å². The zero-order chi connectivity index (χ0) is 11.7. The van der Waals surface area contributed by atoms with Gasteiger partial charge in [0.05, 0.1) is 12.8 Å². The number of rotatable bonds is 2. The summed E-state index contributed by atoms with van der Waals surface area (Å²) in [5, 5.41) is 2.73. The molecule has 1 aromatic carbocycles. The van der Waals surface area contributed by atoms with Crippen molar-refractivity contribution in [1.82, 2.24) is 0 Å². The molecule has 1 aliphatic rings. The molecule has 1 N–H and O–H groups in total. The van der Waals surface area contributed by atoms with Crippen molar-refractivity contribution in [3.05, 3.63) is 23.8 Å². The molecular weight excluding hydrogens is 206 g/mol. The fourth-order valence-corrected chi connectivity index (χ4v) is 1.87. The summed E-state index contributed by atoms with van der Waals surface area (Å²) in [6, 6.07) is 5.08. The van der Waals surface area contributed by atoms with E-state index in [4.69, 9.17) is 4.74 Å². The van der Waals surface area contributed by atoms with Crippen molar-refractivity contribution in [1.29, 1.82) is 0 Å². The molecule has 1 aromatic rings. The lowest BCUT2D eigenvalue weighted by Crippen LogP contribution is -2.34. The first-order valence-electron chi connectivity index (χ1n) is 5.20. The first kappa shape index (κ1) is 10.7. The van der Waals surface area contributed by atoms with Gasteiger partial charge in [-0.1, -0.05) is 6.92 Å². The molecule has 0 aliphatic carbocycles. The minimum absolute atomic E-state index is 0.107. The number of carbonyl (C=O) groups excluding carboxylic acids is 2. The average Bonchev–Trinajstić information content (AvgIpc) is 2.28. The highest BCUT2D eigenvalue weighted by Crippen LogP contribution is 2.30. The molecular formula is C12H13NO3. The number of hydrogen-bond acceptors (Lipinski definition) is 3. The molecule has 16 heavy (non-hydrogen) atoms. The molecule has 1 amide bonds. The molecule has 1 heterocycles. The Hall–Kier alpha value is -1.84. The molecule has 1 aliphatic heterocycles. The van der Waals surface area contributed by atoms with Gasteiger partial charge in [0.1, 0.15) is 11.7 Å². The maximum absolute atomic E-state index is 12.0. The number of carbonyl (C=O) groups is 2. The number of fused-ring (bicyclic) bond motifs is 1. The van der Waals surface area contributed by atoms with Crippen molar-refractivity contribution in [3.8, 4) is 5.75 Å². The van der Waals surface area contributed by atoms with E-state index in [9.17, 15) is 9.59 Å². The normalized spacial score (nSPS) is 19.0. The Bertz CT molecular complexity index is 454. The fourth-order valence-electron chi connectivity index (χ4n) is 1.87. The third kappa shape index (κ3) is 1.56. The van der Waals surface area contributed by atoms with E-state index in [0.717, 1.165) is 0 Å². The predicted molar refractivity (Wildman–Crippen MR) is 59.7 cm³/mol. The van der Waals surface area contributed by atoms with Crippen molar-refractivity contribution in [2.75, 3.05) is 12.4 Å². The number of hydrogen-bond donors (Lipinski definition) is 1. The lowest BCUT2D eigenvalue weighted by Gasteiger charge is -2.22. The molecule has 4 nitrogen and oxygen atoms in total. The van der Waals surface area contributed by atoms with E-state index >= 15 is 0 Å². The highest BCUT2D eigenvalue weighted by Gasteiger charge is 2.32. The van der Waals surface area contributed by atoms with Crippen molar-refractivity contribution >= 4 is 17.4 Å². The number of anilines is 1. The van der Waals surface area contributed by atoms with Gasteiger partial charge in [-0.25, -0.2) is 0 Å². The van der Waals surface area contributed by atoms with E-state index in [2.05, 4.69) is 5.32 Å². The Labute approximate surface area is 93.6 Å². The number of methoxy groups -OCH3 is 1. The van der Waals surface area contributed by atoms with Crippen LogP contribution in [0.2, 0.25) is 0 Å². The molecule has 0 radical (unpaired) electrons. The molecule has 1 atom stereocenters. The van der Waals surface area contributed by atoms with Crippen LogP contribution in [0.5, 0.6) is 5.75 Å². The van der Waals surface area contributed by atoms with Crippen molar-refractivity contribution in [2.24, 2.45) is 5.92 Å². The molecule has 2 rings (SSSR count). The van der Waals surface area contributed by atoms with Gasteiger partial charge in [-0.05, 0) is 18.6 Å². The maximum Gasteiger partial charge on any atom is 0.235 e. The van der Waals surface area contributed by atoms with Gasteiger partial charge < -0.3 is 10.1 Å². The summed E-state index contributed by atoms with van der Waals surface area (Å²) >= 11 is 0. The van der Waals surface area contributed by atoms with Gasteiger partial charge in [0, 0.05) is 11.6 Å². The molecule has 4 heteroatoms. The summed E-state index contributed by atoms with van der Waals surface area (Å²) in [5.74, 6) is -0.264. The quantitative estimate of drug-likeness (QED) is 0.772. The van der Waals surface area contributed by atoms with Crippen LogP contribution in [-0.4, -0.2) is 18.8 Å². The van der Waals surface area contributed by atoms with Gasteiger partial charge in [-0.2, -0.15) is 0 Å². The van der Waals surface area contributed by atoms with Crippen LogP contribution in [0.4, 0.5) is 5.69 Å². The van der Waals surface area contributed by atoms with Crippen LogP contribution in [0.1, 0.15) is 23.7 Å². The first-order valence-corrected chi connectivity index (χ1v) is 5.20. The number of amides is 1. The molecule has 0 spiro atoms. The average molecular weight is 219 g/mol. The summed E-state index contributed by atoms with van der Waals surface area (Å²) in [7, 11) is 1.54. The summed E-state index contributed by atoms with van der Waals surface area (Å²) in [4.78, 5) is 23.6.